The highest BCUT2D eigenvalue weighted by atomic mass is 79.9. The van der Waals surface area contributed by atoms with Crippen molar-refractivity contribution in [1.82, 2.24) is 0 Å². The number of rotatable bonds is 4. The summed E-state index contributed by atoms with van der Waals surface area (Å²) in [6.07, 6.45) is 0. The summed E-state index contributed by atoms with van der Waals surface area (Å²) in [6, 6.07) is 7.49. The van der Waals surface area contributed by atoms with Crippen molar-refractivity contribution in [1.29, 1.82) is 0 Å². The van der Waals surface area contributed by atoms with E-state index in [1.54, 1.807) is 12.1 Å². The molecular weight excluding hydrogens is 322 g/mol. The van der Waals surface area contributed by atoms with Crippen LogP contribution in [0.1, 0.15) is 27.4 Å². The Hall–Kier alpha value is -1.75. The molecule has 20 heavy (non-hydrogen) atoms. The molecule has 0 fully saturated rings. The van der Waals surface area contributed by atoms with Crippen LogP contribution in [0.15, 0.2) is 33.2 Å². The predicted octanol–water partition coefficient (Wildman–Crippen LogP) is 4.06. The number of furan rings is 1. The summed E-state index contributed by atoms with van der Waals surface area (Å²) in [6.45, 7) is 4.60. The molecule has 0 spiro atoms. The third-order valence-corrected chi connectivity index (χ3v) is 3.44. The second-order valence-electron chi connectivity index (χ2n) is 4.53. The summed E-state index contributed by atoms with van der Waals surface area (Å²) in [5.74, 6) is 0.438. The number of hydrogen-bond donors (Lipinski definition) is 1. The molecule has 0 amide bonds. The lowest BCUT2D eigenvalue weighted by Crippen LogP contribution is -2.03. The van der Waals surface area contributed by atoms with E-state index in [1.807, 2.05) is 13.8 Å². The molecular formula is C15H16BrNO3. The van der Waals surface area contributed by atoms with Crippen LogP contribution in [-0.2, 0) is 11.3 Å². The molecule has 0 aliphatic carbocycles. The summed E-state index contributed by atoms with van der Waals surface area (Å²) >= 11 is 3.47. The minimum absolute atomic E-state index is 0.216. The number of nitrogens with one attached hydrogen (secondary N) is 1. The lowest BCUT2D eigenvalue weighted by molar-refractivity contribution is 0.0563. The van der Waals surface area contributed by atoms with Gasteiger partial charge in [-0.15, -0.1) is 0 Å². The molecule has 0 unspecified atom stereocenters. The fraction of sp³-hybridized carbons (Fsp3) is 0.267. The third kappa shape index (κ3) is 3.22. The number of benzene rings is 1. The van der Waals surface area contributed by atoms with E-state index < -0.39 is 5.97 Å². The molecule has 106 valence electrons. The molecule has 1 N–H and O–H groups in total. The fourth-order valence-electron chi connectivity index (χ4n) is 2.05. The van der Waals surface area contributed by atoms with Gasteiger partial charge in [-0.25, -0.2) is 4.79 Å². The van der Waals surface area contributed by atoms with Crippen molar-refractivity contribution in [2.24, 2.45) is 0 Å². The molecule has 0 bridgehead atoms. The number of methoxy groups -OCH3 is 1. The predicted molar refractivity (Wildman–Crippen MR) is 81.0 cm³/mol. The van der Waals surface area contributed by atoms with Crippen LogP contribution in [0, 0.1) is 13.8 Å². The van der Waals surface area contributed by atoms with E-state index in [0.29, 0.717) is 12.3 Å². The summed E-state index contributed by atoms with van der Waals surface area (Å²) < 4.78 is 11.1. The van der Waals surface area contributed by atoms with E-state index in [2.05, 4.69) is 38.1 Å². The van der Waals surface area contributed by atoms with Gasteiger partial charge in [-0.2, -0.15) is 0 Å². The van der Waals surface area contributed by atoms with Gasteiger partial charge in [-0.3, -0.25) is 0 Å². The van der Waals surface area contributed by atoms with Crippen LogP contribution in [0.25, 0.3) is 0 Å². The van der Waals surface area contributed by atoms with E-state index in [4.69, 9.17) is 4.42 Å². The molecule has 0 aliphatic rings. The van der Waals surface area contributed by atoms with Gasteiger partial charge in [-0.1, -0.05) is 15.9 Å². The number of aryl methyl sites for hydroxylation is 2. The first-order chi connectivity index (χ1) is 9.51. The van der Waals surface area contributed by atoms with Crippen molar-refractivity contribution in [3.8, 4) is 0 Å². The van der Waals surface area contributed by atoms with Gasteiger partial charge in [0.05, 0.1) is 13.7 Å². The van der Waals surface area contributed by atoms with Crippen LogP contribution in [0.4, 0.5) is 5.69 Å². The van der Waals surface area contributed by atoms with Crippen molar-refractivity contribution in [3.63, 3.8) is 0 Å². The molecule has 2 aromatic rings. The lowest BCUT2D eigenvalue weighted by Gasteiger charge is -2.12. The Morgan fingerprint density at radius 1 is 1.30 bits per heavy atom. The number of hydrogen-bond acceptors (Lipinski definition) is 4. The van der Waals surface area contributed by atoms with Crippen molar-refractivity contribution in [3.05, 3.63) is 51.4 Å². The Labute approximate surface area is 126 Å². The molecule has 0 atom stereocenters. The maximum atomic E-state index is 11.3. The largest absolute Gasteiger partial charge is 0.463 e. The van der Waals surface area contributed by atoms with Gasteiger partial charge >= 0.3 is 5.97 Å². The Morgan fingerprint density at radius 2 is 1.95 bits per heavy atom. The Bertz CT molecular complexity index is 611. The molecule has 0 saturated heterocycles. The van der Waals surface area contributed by atoms with Gasteiger partial charge < -0.3 is 14.5 Å². The highest BCUT2D eigenvalue weighted by Gasteiger charge is 2.11. The zero-order valence-electron chi connectivity index (χ0n) is 11.6. The lowest BCUT2D eigenvalue weighted by atomic mass is 10.1. The molecule has 0 radical (unpaired) electrons. The Morgan fingerprint density at radius 3 is 2.55 bits per heavy atom. The number of ether oxygens (including phenoxy) is 1. The van der Waals surface area contributed by atoms with E-state index in [-0.39, 0.29) is 5.76 Å². The smallest absolute Gasteiger partial charge is 0.373 e. The summed E-state index contributed by atoms with van der Waals surface area (Å²) in [4.78, 5) is 11.3. The van der Waals surface area contributed by atoms with Crippen LogP contribution in [0.3, 0.4) is 0 Å². The van der Waals surface area contributed by atoms with Crippen molar-refractivity contribution in [2.45, 2.75) is 20.4 Å². The van der Waals surface area contributed by atoms with Crippen molar-refractivity contribution < 1.29 is 13.9 Å². The highest BCUT2D eigenvalue weighted by Crippen LogP contribution is 2.25. The first-order valence-corrected chi connectivity index (χ1v) is 6.98. The minimum Gasteiger partial charge on any atom is -0.463 e. The highest BCUT2D eigenvalue weighted by molar-refractivity contribution is 9.10. The summed E-state index contributed by atoms with van der Waals surface area (Å²) in [5.41, 5.74) is 3.37. The molecule has 1 heterocycles. The SMILES string of the molecule is COC(=O)c1ccc(CNc2c(C)cc(Br)cc2C)o1. The van der Waals surface area contributed by atoms with Crippen molar-refractivity contribution >= 4 is 27.6 Å². The number of carbonyl (C=O) groups is 1. The monoisotopic (exact) mass is 337 g/mol. The molecule has 0 aliphatic heterocycles. The first-order valence-electron chi connectivity index (χ1n) is 6.19. The standard InChI is InChI=1S/C15H16BrNO3/c1-9-6-11(16)7-10(2)14(9)17-8-12-4-5-13(20-12)15(18)19-3/h4-7,17H,8H2,1-3H3. The topological polar surface area (TPSA) is 51.5 Å². The van der Waals surface area contributed by atoms with E-state index in [1.165, 1.54) is 7.11 Å². The normalized spacial score (nSPS) is 10.4. The van der Waals surface area contributed by atoms with Crippen molar-refractivity contribution in [2.75, 3.05) is 12.4 Å². The van der Waals surface area contributed by atoms with Crippen LogP contribution in [0.2, 0.25) is 0 Å². The van der Waals surface area contributed by atoms with Gasteiger partial charge in [-0.05, 0) is 49.2 Å². The number of esters is 1. The zero-order chi connectivity index (χ0) is 14.7. The molecule has 5 heteroatoms. The van der Waals surface area contributed by atoms with Gasteiger partial charge in [0.15, 0.2) is 0 Å². The summed E-state index contributed by atoms with van der Waals surface area (Å²) in [7, 11) is 1.33. The first kappa shape index (κ1) is 14.7. The fourth-order valence-corrected chi connectivity index (χ4v) is 2.73. The van der Waals surface area contributed by atoms with Gasteiger partial charge in [0.25, 0.3) is 0 Å². The third-order valence-electron chi connectivity index (χ3n) is 2.99. The quantitative estimate of drug-likeness (QED) is 0.855. The number of carbonyl (C=O) groups excluding carboxylic acids is 1. The molecule has 4 nitrogen and oxygen atoms in total. The Kier molecular flexibility index (Phi) is 4.49. The van der Waals surface area contributed by atoms with E-state index in [9.17, 15) is 4.79 Å². The van der Waals surface area contributed by atoms with Crippen LogP contribution in [-0.4, -0.2) is 13.1 Å². The maximum absolute atomic E-state index is 11.3. The summed E-state index contributed by atoms with van der Waals surface area (Å²) in [5, 5.41) is 3.33. The van der Waals surface area contributed by atoms with Gasteiger partial charge in [0.2, 0.25) is 5.76 Å². The van der Waals surface area contributed by atoms with Crippen LogP contribution >= 0.6 is 15.9 Å². The average molecular weight is 338 g/mol. The average Bonchev–Trinajstić information content (AvgIpc) is 2.85. The van der Waals surface area contributed by atoms with E-state index >= 15 is 0 Å². The minimum atomic E-state index is -0.466. The second kappa shape index (κ2) is 6.13. The van der Waals surface area contributed by atoms with Gasteiger partial charge in [0, 0.05) is 10.2 Å². The maximum Gasteiger partial charge on any atom is 0.373 e. The number of anilines is 1. The molecule has 0 saturated carbocycles. The van der Waals surface area contributed by atoms with Crippen LogP contribution < -0.4 is 5.32 Å². The molecule has 1 aromatic carbocycles. The molecule has 1 aromatic heterocycles. The van der Waals surface area contributed by atoms with Crippen LogP contribution in [0.5, 0.6) is 0 Å². The zero-order valence-corrected chi connectivity index (χ0v) is 13.2. The van der Waals surface area contributed by atoms with E-state index in [0.717, 1.165) is 21.3 Å². The molecule has 2 rings (SSSR count). The van der Waals surface area contributed by atoms with Gasteiger partial charge in [0.1, 0.15) is 5.76 Å². The second-order valence-corrected chi connectivity index (χ2v) is 5.44. The Balaban J connectivity index is 2.09. The number of halogens is 1.